The van der Waals surface area contributed by atoms with Gasteiger partial charge in [0.2, 0.25) is 0 Å². The molecule has 0 nitrogen and oxygen atoms in total. The van der Waals surface area contributed by atoms with Crippen LogP contribution in [0.2, 0.25) is 0 Å². The molecule has 0 spiro atoms. The summed E-state index contributed by atoms with van der Waals surface area (Å²) >= 11 is 0. The van der Waals surface area contributed by atoms with Crippen molar-refractivity contribution in [3.05, 3.63) is 47.5 Å². The molecule has 0 unspecified atom stereocenters. The highest BCUT2D eigenvalue weighted by atomic mass is 19.4. The second kappa shape index (κ2) is 5.39. The van der Waals surface area contributed by atoms with Gasteiger partial charge in [-0.3, -0.25) is 0 Å². The first kappa shape index (κ1) is 13.8. The third kappa shape index (κ3) is 4.25. The van der Waals surface area contributed by atoms with Gasteiger partial charge in [0, 0.05) is 0 Å². The Hall–Kier alpha value is -1.25. The largest absolute Gasteiger partial charge is 0.416 e. The van der Waals surface area contributed by atoms with E-state index < -0.39 is 11.7 Å². The fourth-order valence-corrected chi connectivity index (χ4v) is 1.45. The molecule has 0 aromatic heterocycles. The van der Waals surface area contributed by atoms with E-state index in [2.05, 4.69) is 20.4 Å². The topological polar surface area (TPSA) is 0 Å². The number of hydrogen-bond donors (Lipinski definition) is 0. The predicted octanol–water partition coefficient (Wildman–Crippen LogP) is 4.85. The average molecular weight is 242 g/mol. The molecular formula is C14H17F3. The van der Waals surface area contributed by atoms with Gasteiger partial charge in [0.1, 0.15) is 0 Å². The van der Waals surface area contributed by atoms with Gasteiger partial charge in [0.05, 0.1) is 5.56 Å². The van der Waals surface area contributed by atoms with E-state index in [0.717, 1.165) is 36.1 Å². The first-order chi connectivity index (χ1) is 7.80. The normalized spacial score (nSPS) is 11.9. The Morgan fingerprint density at radius 2 is 1.71 bits per heavy atom. The minimum Gasteiger partial charge on any atom is -0.166 e. The molecule has 0 saturated carbocycles. The van der Waals surface area contributed by atoms with Crippen LogP contribution in [-0.2, 0) is 12.6 Å². The van der Waals surface area contributed by atoms with Gasteiger partial charge in [-0.2, -0.15) is 13.2 Å². The van der Waals surface area contributed by atoms with Crippen LogP contribution >= 0.6 is 0 Å². The summed E-state index contributed by atoms with van der Waals surface area (Å²) in [4.78, 5) is 0. The summed E-state index contributed by atoms with van der Waals surface area (Å²) in [5, 5.41) is 0. The van der Waals surface area contributed by atoms with E-state index in [1.807, 2.05) is 0 Å². The lowest BCUT2D eigenvalue weighted by Crippen LogP contribution is -2.04. The SMILES string of the molecule is C=C(CCc1ccc(C(F)(F)F)cc1)C(C)C. The van der Waals surface area contributed by atoms with Crippen molar-refractivity contribution in [2.45, 2.75) is 32.9 Å². The van der Waals surface area contributed by atoms with E-state index in [-0.39, 0.29) is 0 Å². The smallest absolute Gasteiger partial charge is 0.166 e. The van der Waals surface area contributed by atoms with Crippen molar-refractivity contribution in [2.24, 2.45) is 5.92 Å². The molecule has 0 saturated heterocycles. The number of hydrogen-bond acceptors (Lipinski definition) is 0. The highest BCUT2D eigenvalue weighted by Crippen LogP contribution is 2.29. The molecule has 0 aliphatic heterocycles. The van der Waals surface area contributed by atoms with Crippen molar-refractivity contribution in [1.29, 1.82) is 0 Å². The van der Waals surface area contributed by atoms with Crippen LogP contribution in [0.25, 0.3) is 0 Å². The van der Waals surface area contributed by atoms with Gasteiger partial charge in [0.25, 0.3) is 0 Å². The zero-order valence-electron chi connectivity index (χ0n) is 10.1. The van der Waals surface area contributed by atoms with E-state index >= 15 is 0 Å². The maximum absolute atomic E-state index is 12.3. The molecule has 0 amide bonds. The lowest BCUT2D eigenvalue weighted by atomic mass is 9.97. The van der Waals surface area contributed by atoms with Gasteiger partial charge < -0.3 is 0 Å². The summed E-state index contributed by atoms with van der Waals surface area (Å²) < 4.78 is 37.0. The Morgan fingerprint density at radius 3 is 2.12 bits per heavy atom. The van der Waals surface area contributed by atoms with Gasteiger partial charge in [0.15, 0.2) is 0 Å². The Bertz CT molecular complexity index is 371. The summed E-state index contributed by atoms with van der Waals surface area (Å²) in [7, 11) is 0. The van der Waals surface area contributed by atoms with Crippen molar-refractivity contribution in [3.63, 3.8) is 0 Å². The molecule has 0 aliphatic carbocycles. The Labute approximate surface area is 100 Å². The van der Waals surface area contributed by atoms with Gasteiger partial charge in [-0.1, -0.05) is 38.1 Å². The fourth-order valence-electron chi connectivity index (χ4n) is 1.45. The minimum absolute atomic E-state index is 0.421. The van der Waals surface area contributed by atoms with E-state index in [4.69, 9.17) is 0 Å². The second-order valence-corrected chi connectivity index (χ2v) is 4.51. The molecule has 0 atom stereocenters. The summed E-state index contributed by atoms with van der Waals surface area (Å²) in [6.45, 7) is 8.08. The molecule has 0 bridgehead atoms. The monoisotopic (exact) mass is 242 g/mol. The molecule has 0 aliphatic rings. The van der Waals surface area contributed by atoms with E-state index in [9.17, 15) is 13.2 Å². The van der Waals surface area contributed by atoms with Crippen LogP contribution < -0.4 is 0 Å². The van der Waals surface area contributed by atoms with Crippen LogP contribution in [0.1, 0.15) is 31.4 Å². The van der Waals surface area contributed by atoms with Crippen molar-refractivity contribution in [2.75, 3.05) is 0 Å². The molecule has 0 heterocycles. The zero-order valence-corrected chi connectivity index (χ0v) is 10.1. The Kier molecular flexibility index (Phi) is 4.38. The van der Waals surface area contributed by atoms with Crippen LogP contribution in [0, 0.1) is 5.92 Å². The quantitative estimate of drug-likeness (QED) is 0.662. The first-order valence-electron chi connectivity index (χ1n) is 5.64. The second-order valence-electron chi connectivity index (χ2n) is 4.51. The standard InChI is InChI=1S/C14H17F3/c1-10(2)11(3)4-5-12-6-8-13(9-7-12)14(15,16)17/h6-10H,3-5H2,1-2H3. The zero-order chi connectivity index (χ0) is 13.1. The van der Waals surface area contributed by atoms with Crippen LogP contribution in [0.5, 0.6) is 0 Å². The van der Waals surface area contributed by atoms with Crippen LogP contribution in [0.15, 0.2) is 36.4 Å². The molecule has 0 N–H and O–H groups in total. The van der Waals surface area contributed by atoms with E-state index in [1.54, 1.807) is 0 Å². The maximum Gasteiger partial charge on any atom is 0.416 e. The van der Waals surface area contributed by atoms with Gasteiger partial charge in [-0.15, -0.1) is 0 Å². The highest BCUT2D eigenvalue weighted by molar-refractivity contribution is 5.25. The number of alkyl halides is 3. The third-order valence-electron chi connectivity index (χ3n) is 2.83. The van der Waals surface area contributed by atoms with Gasteiger partial charge >= 0.3 is 6.18 Å². The number of rotatable bonds is 4. The number of benzene rings is 1. The van der Waals surface area contributed by atoms with Crippen molar-refractivity contribution >= 4 is 0 Å². The third-order valence-corrected chi connectivity index (χ3v) is 2.83. The van der Waals surface area contributed by atoms with Crippen molar-refractivity contribution in [3.8, 4) is 0 Å². The van der Waals surface area contributed by atoms with Gasteiger partial charge in [-0.05, 0) is 36.5 Å². The van der Waals surface area contributed by atoms with E-state index in [1.165, 1.54) is 12.1 Å². The summed E-state index contributed by atoms with van der Waals surface area (Å²) in [5.74, 6) is 0.421. The number of aryl methyl sites for hydroxylation is 1. The lowest BCUT2D eigenvalue weighted by Gasteiger charge is -2.10. The lowest BCUT2D eigenvalue weighted by molar-refractivity contribution is -0.137. The predicted molar refractivity (Wildman–Crippen MR) is 63.7 cm³/mol. The molecule has 0 radical (unpaired) electrons. The Balaban J connectivity index is 2.61. The summed E-state index contributed by atoms with van der Waals surface area (Å²) in [5.41, 5.74) is 1.45. The molecule has 1 rings (SSSR count). The average Bonchev–Trinajstić information content (AvgIpc) is 2.25. The first-order valence-corrected chi connectivity index (χ1v) is 5.64. The maximum atomic E-state index is 12.3. The summed E-state index contributed by atoms with van der Waals surface area (Å²) in [6, 6.07) is 5.34. The van der Waals surface area contributed by atoms with Crippen LogP contribution in [0.3, 0.4) is 0 Å². The molecule has 1 aromatic carbocycles. The van der Waals surface area contributed by atoms with Crippen LogP contribution in [0.4, 0.5) is 13.2 Å². The van der Waals surface area contributed by atoms with E-state index in [0.29, 0.717) is 5.92 Å². The molecule has 3 heteroatoms. The minimum atomic E-state index is -4.25. The number of halogens is 3. The fraction of sp³-hybridized carbons (Fsp3) is 0.429. The van der Waals surface area contributed by atoms with Crippen molar-refractivity contribution < 1.29 is 13.2 Å². The molecule has 17 heavy (non-hydrogen) atoms. The summed E-state index contributed by atoms with van der Waals surface area (Å²) in [6.07, 6.45) is -2.68. The van der Waals surface area contributed by atoms with Gasteiger partial charge in [-0.25, -0.2) is 0 Å². The molecule has 0 fully saturated rings. The van der Waals surface area contributed by atoms with Crippen molar-refractivity contribution in [1.82, 2.24) is 0 Å². The molecule has 94 valence electrons. The number of allylic oxidation sites excluding steroid dienone is 1. The molecular weight excluding hydrogens is 225 g/mol. The van der Waals surface area contributed by atoms with Crippen LogP contribution in [-0.4, -0.2) is 0 Å². The highest BCUT2D eigenvalue weighted by Gasteiger charge is 2.29. The molecule has 1 aromatic rings. The Morgan fingerprint density at radius 1 is 1.18 bits per heavy atom.